The Morgan fingerprint density at radius 2 is 1.55 bits per heavy atom. The van der Waals surface area contributed by atoms with Gasteiger partial charge in [0.05, 0.1) is 6.92 Å². The lowest BCUT2D eigenvalue weighted by atomic mass is 10.1. The molecule has 0 radical (unpaired) electrons. The monoisotopic (exact) mass is 329 g/mol. The molecular weight excluding hydrogens is 292 g/mol. The average molecular weight is 330 g/mol. The highest BCUT2D eigenvalue weighted by Gasteiger charge is 2.29. The van der Waals surface area contributed by atoms with Gasteiger partial charge in [-0.2, -0.15) is 4.58 Å². The van der Waals surface area contributed by atoms with Crippen LogP contribution in [0.2, 0.25) is 0 Å². The first-order chi connectivity index (χ1) is 10.3. The third-order valence-electron chi connectivity index (χ3n) is 4.84. The van der Waals surface area contributed by atoms with E-state index < -0.39 is 0 Å². The largest absolute Gasteiger partial charge is 1.00 e. The molecule has 130 valence electrons. The molecule has 0 saturated heterocycles. The molecule has 1 aliphatic rings. The molecule has 0 bridgehead atoms. The van der Waals surface area contributed by atoms with Gasteiger partial charge in [0.2, 0.25) is 0 Å². The minimum Gasteiger partial charge on any atom is -1.00 e. The van der Waals surface area contributed by atoms with Crippen LogP contribution in [0.1, 0.15) is 78.1 Å². The quantitative estimate of drug-likeness (QED) is 0.285. The number of nitrogens with one attached hydrogen (secondary N) is 1. The molecule has 1 rings (SSSR count). The third-order valence-corrected chi connectivity index (χ3v) is 4.84. The van der Waals surface area contributed by atoms with Gasteiger partial charge in [0.15, 0.2) is 6.54 Å². The average Bonchev–Trinajstić information content (AvgIpc) is 2.83. The van der Waals surface area contributed by atoms with Crippen molar-refractivity contribution in [3.8, 4) is 0 Å². The van der Waals surface area contributed by atoms with Crippen LogP contribution >= 0.6 is 0 Å². The molecule has 1 aliphatic heterocycles. The maximum Gasteiger partial charge on any atom is 0.333 e. The Kier molecular flexibility index (Phi) is 14.0. The van der Waals surface area contributed by atoms with Crippen molar-refractivity contribution in [2.45, 2.75) is 78.1 Å². The standard InChI is InChI=1S/C19H37N2.ClH/c1-4-6-7-8-9-10-11-12-13-14-16-21-18-17-20(15-5-2)19(21)3;/h5H,2,4,6-18H2,1,3H3;1H/q+1;. The predicted octanol–water partition coefficient (Wildman–Crippen LogP) is 0.427. The molecule has 1 N–H and O–H groups in total. The molecule has 0 saturated carbocycles. The van der Waals surface area contributed by atoms with E-state index in [-0.39, 0.29) is 12.4 Å². The molecule has 0 spiro atoms. The number of amidine groups is 1. The van der Waals surface area contributed by atoms with Crippen LogP contribution in [0.15, 0.2) is 12.7 Å². The molecule has 0 amide bonds. The van der Waals surface area contributed by atoms with E-state index in [1.807, 2.05) is 6.08 Å². The lowest BCUT2D eigenvalue weighted by Gasteiger charge is -2.04. The fourth-order valence-corrected chi connectivity index (χ4v) is 3.34. The van der Waals surface area contributed by atoms with E-state index in [1.54, 1.807) is 4.90 Å². The number of nitrogens with zero attached hydrogens (tertiary/aromatic N) is 1. The second-order valence-electron chi connectivity index (χ2n) is 6.60. The molecule has 0 aromatic heterocycles. The highest BCUT2D eigenvalue weighted by molar-refractivity contribution is 5.65. The SMILES string of the molecule is C=CC[NH+]1CC[N+](CCCCCCCCCCCC)=C1C.[Cl-]. The number of hydrogen-bond acceptors (Lipinski definition) is 0. The Bertz CT molecular complexity index is 313. The molecule has 3 heteroatoms. The van der Waals surface area contributed by atoms with Crippen molar-refractivity contribution in [1.29, 1.82) is 0 Å². The molecule has 22 heavy (non-hydrogen) atoms. The number of halogens is 1. The summed E-state index contributed by atoms with van der Waals surface area (Å²) in [6.45, 7) is 13.3. The van der Waals surface area contributed by atoms with Gasteiger partial charge in [-0.3, -0.25) is 0 Å². The topological polar surface area (TPSA) is 7.45 Å². The van der Waals surface area contributed by atoms with Crippen LogP contribution in [-0.4, -0.2) is 36.6 Å². The summed E-state index contributed by atoms with van der Waals surface area (Å²) in [6.07, 6.45) is 16.3. The van der Waals surface area contributed by atoms with Crippen molar-refractivity contribution in [2.24, 2.45) is 0 Å². The summed E-state index contributed by atoms with van der Waals surface area (Å²) in [7, 11) is 0. The minimum absolute atomic E-state index is 0. The van der Waals surface area contributed by atoms with Crippen molar-refractivity contribution >= 4 is 5.84 Å². The lowest BCUT2D eigenvalue weighted by molar-refractivity contribution is -0.795. The van der Waals surface area contributed by atoms with Crippen molar-refractivity contribution in [1.82, 2.24) is 0 Å². The Balaban J connectivity index is 0.00000441. The molecule has 0 fully saturated rings. The summed E-state index contributed by atoms with van der Waals surface area (Å²) < 4.78 is 2.59. The van der Waals surface area contributed by atoms with Crippen LogP contribution in [0, 0.1) is 0 Å². The van der Waals surface area contributed by atoms with E-state index in [0.717, 1.165) is 6.54 Å². The number of quaternary nitrogens is 1. The Morgan fingerprint density at radius 3 is 2.09 bits per heavy atom. The second kappa shape index (κ2) is 14.3. The highest BCUT2D eigenvalue weighted by atomic mass is 35.5. The van der Waals surface area contributed by atoms with Crippen LogP contribution < -0.4 is 17.3 Å². The van der Waals surface area contributed by atoms with Gasteiger partial charge < -0.3 is 12.4 Å². The van der Waals surface area contributed by atoms with Crippen molar-refractivity contribution in [3.63, 3.8) is 0 Å². The number of hydrogen-bond donors (Lipinski definition) is 1. The van der Waals surface area contributed by atoms with Gasteiger partial charge in [-0.1, -0.05) is 64.9 Å². The smallest absolute Gasteiger partial charge is 0.333 e. The van der Waals surface area contributed by atoms with Gasteiger partial charge in [0, 0.05) is 6.42 Å². The molecule has 1 unspecified atom stereocenters. The van der Waals surface area contributed by atoms with Crippen LogP contribution in [0.25, 0.3) is 0 Å². The maximum atomic E-state index is 3.86. The summed E-state index contributed by atoms with van der Waals surface area (Å²) in [5.41, 5.74) is 0. The zero-order valence-corrected chi connectivity index (χ0v) is 15.8. The van der Waals surface area contributed by atoms with Crippen molar-refractivity contribution in [2.75, 3.05) is 26.2 Å². The zero-order chi connectivity index (χ0) is 15.3. The predicted molar refractivity (Wildman–Crippen MR) is 93.4 cm³/mol. The molecule has 0 aromatic rings. The van der Waals surface area contributed by atoms with Crippen LogP contribution in [0.3, 0.4) is 0 Å². The van der Waals surface area contributed by atoms with E-state index in [2.05, 4.69) is 25.0 Å². The van der Waals surface area contributed by atoms with Gasteiger partial charge >= 0.3 is 5.84 Å². The summed E-state index contributed by atoms with van der Waals surface area (Å²) in [5.74, 6) is 1.53. The fraction of sp³-hybridized carbons (Fsp3) is 0.842. The molecule has 2 nitrogen and oxygen atoms in total. The normalized spacial score (nSPS) is 17.6. The zero-order valence-electron chi connectivity index (χ0n) is 15.0. The maximum absolute atomic E-state index is 3.86. The van der Waals surface area contributed by atoms with Gasteiger partial charge in [0.1, 0.15) is 19.6 Å². The summed E-state index contributed by atoms with van der Waals surface area (Å²) >= 11 is 0. The third kappa shape index (κ3) is 8.95. The lowest BCUT2D eigenvalue weighted by Crippen LogP contribution is -3.13. The van der Waals surface area contributed by atoms with Gasteiger partial charge in [-0.25, -0.2) is 4.90 Å². The van der Waals surface area contributed by atoms with E-state index in [1.165, 1.54) is 89.7 Å². The first-order valence-electron chi connectivity index (χ1n) is 9.34. The second-order valence-corrected chi connectivity index (χ2v) is 6.60. The molecule has 1 heterocycles. The summed E-state index contributed by atoms with van der Waals surface area (Å²) in [6, 6.07) is 0. The van der Waals surface area contributed by atoms with E-state index in [0.29, 0.717) is 0 Å². The van der Waals surface area contributed by atoms with Crippen molar-refractivity contribution < 1.29 is 21.9 Å². The number of unbranched alkanes of at least 4 members (excludes halogenated alkanes) is 9. The van der Waals surface area contributed by atoms with Crippen molar-refractivity contribution in [3.05, 3.63) is 12.7 Å². The van der Waals surface area contributed by atoms with Gasteiger partial charge in [-0.05, 0) is 12.5 Å². The van der Waals surface area contributed by atoms with Crippen LogP contribution in [-0.2, 0) is 0 Å². The highest BCUT2D eigenvalue weighted by Crippen LogP contribution is 2.10. The number of rotatable bonds is 13. The van der Waals surface area contributed by atoms with E-state index >= 15 is 0 Å². The molecule has 0 aromatic carbocycles. The Morgan fingerprint density at radius 1 is 1.00 bits per heavy atom. The fourth-order valence-electron chi connectivity index (χ4n) is 3.34. The minimum atomic E-state index is 0. The molecule has 1 atom stereocenters. The summed E-state index contributed by atoms with van der Waals surface area (Å²) in [5, 5.41) is 0. The van der Waals surface area contributed by atoms with Gasteiger partial charge in [0.25, 0.3) is 0 Å². The molecule has 0 aliphatic carbocycles. The summed E-state index contributed by atoms with van der Waals surface area (Å²) in [4.78, 5) is 1.61. The first-order valence-corrected chi connectivity index (χ1v) is 9.34. The van der Waals surface area contributed by atoms with E-state index in [4.69, 9.17) is 0 Å². The van der Waals surface area contributed by atoms with Crippen LogP contribution in [0.5, 0.6) is 0 Å². The van der Waals surface area contributed by atoms with E-state index in [9.17, 15) is 0 Å². The Hall–Kier alpha value is -0.340. The Labute approximate surface area is 145 Å². The molecular formula is C19H38ClN2+. The first kappa shape index (κ1) is 21.7. The van der Waals surface area contributed by atoms with Crippen LogP contribution in [0.4, 0.5) is 0 Å². The van der Waals surface area contributed by atoms with Gasteiger partial charge in [-0.15, -0.1) is 0 Å².